The van der Waals surface area contributed by atoms with Crippen molar-refractivity contribution in [3.8, 4) is 0 Å². The summed E-state index contributed by atoms with van der Waals surface area (Å²) in [4.78, 5) is 13.3. The maximum absolute atomic E-state index is 11.0. The zero-order valence-electron chi connectivity index (χ0n) is 10.3. The number of hydrogen-bond acceptors (Lipinski definition) is 2. The highest BCUT2D eigenvalue weighted by Crippen LogP contribution is 2.22. The fourth-order valence-electron chi connectivity index (χ4n) is 2.41. The first-order chi connectivity index (χ1) is 8.18. The molecule has 1 aromatic carbocycles. The molecule has 2 rings (SSSR count). The van der Waals surface area contributed by atoms with Gasteiger partial charge >= 0.3 is 5.97 Å². The van der Waals surface area contributed by atoms with Crippen molar-refractivity contribution in [1.29, 1.82) is 0 Å². The second kappa shape index (κ2) is 5.21. The molecular weight excluding hydrogens is 214 g/mol. The van der Waals surface area contributed by atoms with E-state index in [0.717, 1.165) is 24.3 Å². The Balaban J connectivity index is 2.21. The fraction of sp³-hybridized carbons (Fsp3) is 0.500. The van der Waals surface area contributed by atoms with Gasteiger partial charge in [0.25, 0.3) is 0 Å². The zero-order valence-corrected chi connectivity index (χ0v) is 10.3. The molecule has 1 saturated heterocycles. The lowest BCUT2D eigenvalue weighted by molar-refractivity contribution is 0.0696. The van der Waals surface area contributed by atoms with E-state index in [1.807, 2.05) is 19.1 Å². The summed E-state index contributed by atoms with van der Waals surface area (Å²) in [5.74, 6) is -0.843. The van der Waals surface area contributed by atoms with E-state index in [1.165, 1.54) is 25.7 Å². The molecule has 0 aliphatic carbocycles. The standard InChI is InChI=1S/C14H19NO2/c1-11-10-12(6-7-13(11)14(16)17)15-8-4-2-3-5-9-15/h6-7,10H,2-5,8-9H2,1H3,(H,16,17). The van der Waals surface area contributed by atoms with Gasteiger partial charge in [0.2, 0.25) is 0 Å². The van der Waals surface area contributed by atoms with Crippen LogP contribution in [0.2, 0.25) is 0 Å². The van der Waals surface area contributed by atoms with Crippen LogP contribution in [0.25, 0.3) is 0 Å². The minimum absolute atomic E-state index is 0.406. The van der Waals surface area contributed by atoms with Crippen LogP contribution in [0, 0.1) is 6.92 Å². The van der Waals surface area contributed by atoms with Gasteiger partial charge in [0.1, 0.15) is 0 Å². The van der Waals surface area contributed by atoms with Crippen LogP contribution >= 0.6 is 0 Å². The monoisotopic (exact) mass is 233 g/mol. The molecular formula is C14H19NO2. The Morgan fingerprint density at radius 2 is 1.82 bits per heavy atom. The molecule has 0 unspecified atom stereocenters. The second-order valence-electron chi connectivity index (χ2n) is 4.71. The maximum Gasteiger partial charge on any atom is 0.335 e. The summed E-state index contributed by atoms with van der Waals surface area (Å²) >= 11 is 0. The molecule has 3 nitrogen and oxygen atoms in total. The number of rotatable bonds is 2. The summed E-state index contributed by atoms with van der Waals surface area (Å²) < 4.78 is 0. The van der Waals surface area contributed by atoms with E-state index in [-0.39, 0.29) is 0 Å². The normalized spacial score (nSPS) is 16.6. The molecule has 0 atom stereocenters. The number of aromatic carboxylic acids is 1. The predicted molar refractivity (Wildman–Crippen MR) is 68.8 cm³/mol. The Morgan fingerprint density at radius 1 is 1.18 bits per heavy atom. The Bertz CT molecular complexity index is 407. The Hall–Kier alpha value is -1.51. The Morgan fingerprint density at radius 3 is 2.35 bits per heavy atom. The van der Waals surface area contributed by atoms with Gasteiger partial charge in [-0.1, -0.05) is 12.8 Å². The van der Waals surface area contributed by atoms with Gasteiger partial charge in [0.15, 0.2) is 0 Å². The van der Waals surface area contributed by atoms with Gasteiger partial charge in [0, 0.05) is 18.8 Å². The average Bonchev–Trinajstić information content (AvgIpc) is 2.56. The van der Waals surface area contributed by atoms with Crippen molar-refractivity contribution in [2.24, 2.45) is 0 Å². The molecule has 1 fully saturated rings. The first kappa shape index (κ1) is 12.0. The SMILES string of the molecule is Cc1cc(N2CCCCCC2)ccc1C(=O)O. The smallest absolute Gasteiger partial charge is 0.335 e. The third kappa shape index (κ3) is 2.78. The fourth-order valence-corrected chi connectivity index (χ4v) is 2.41. The van der Waals surface area contributed by atoms with Gasteiger partial charge in [-0.2, -0.15) is 0 Å². The second-order valence-corrected chi connectivity index (χ2v) is 4.71. The van der Waals surface area contributed by atoms with E-state index in [0.29, 0.717) is 5.56 Å². The molecule has 3 heteroatoms. The van der Waals surface area contributed by atoms with Crippen molar-refractivity contribution in [2.45, 2.75) is 32.6 Å². The topological polar surface area (TPSA) is 40.5 Å². The van der Waals surface area contributed by atoms with Crippen molar-refractivity contribution in [3.63, 3.8) is 0 Å². The van der Waals surface area contributed by atoms with Crippen LogP contribution in [0.3, 0.4) is 0 Å². The van der Waals surface area contributed by atoms with Crippen LogP contribution in [0.5, 0.6) is 0 Å². The molecule has 0 saturated carbocycles. The number of benzene rings is 1. The quantitative estimate of drug-likeness (QED) is 0.853. The van der Waals surface area contributed by atoms with Crippen molar-refractivity contribution in [3.05, 3.63) is 29.3 Å². The maximum atomic E-state index is 11.0. The summed E-state index contributed by atoms with van der Waals surface area (Å²) in [5.41, 5.74) is 2.41. The van der Waals surface area contributed by atoms with Crippen molar-refractivity contribution >= 4 is 11.7 Å². The van der Waals surface area contributed by atoms with E-state index in [1.54, 1.807) is 6.07 Å². The van der Waals surface area contributed by atoms with Crippen LogP contribution in [-0.2, 0) is 0 Å². The summed E-state index contributed by atoms with van der Waals surface area (Å²) in [5, 5.41) is 9.00. The van der Waals surface area contributed by atoms with E-state index >= 15 is 0 Å². The average molecular weight is 233 g/mol. The molecule has 1 aliphatic heterocycles. The number of nitrogens with zero attached hydrogens (tertiary/aromatic N) is 1. The highest BCUT2D eigenvalue weighted by Gasteiger charge is 2.12. The predicted octanol–water partition coefficient (Wildman–Crippen LogP) is 3.07. The summed E-state index contributed by atoms with van der Waals surface area (Å²) in [6.45, 7) is 4.04. The molecule has 17 heavy (non-hydrogen) atoms. The van der Waals surface area contributed by atoms with Gasteiger partial charge < -0.3 is 10.0 Å². The molecule has 0 radical (unpaired) electrons. The van der Waals surface area contributed by atoms with E-state index in [4.69, 9.17) is 5.11 Å². The van der Waals surface area contributed by atoms with Gasteiger partial charge in [0.05, 0.1) is 5.56 Å². The third-order valence-electron chi connectivity index (χ3n) is 3.41. The molecule has 0 amide bonds. The van der Waals surface area contributed by atoms with E-state index in [9.17, 15) is 4.79 Å². The molecule has 0 spiro atoms. The zero-order chi connectivity index (χ0) is 12.3. The van der Waals surface area contributed by atoms with Gasteiger partial charge in [-0.05, 0) is 43.5 Å². The Labute approximate surface area is 102 Å². The largest absolute Gasteiger partial charge is 0.478 e. The lowest BCUT2D eigenvalue weighted by Crippen LogP contribution is -2.24. The van der Waals surface area contributed by atoms with Crippen LogP contribution in [0.15, 0.2) is 18.2 Å². The minimum atomic E-state index is -0.843. The highest BCUT2D eigenvalue weighted by molar-refractivity contribution is 5.89. The van der Waals surface area contributed by atoms with Crippen LogP contribution in [0.1, 0.15) is 41.6 Å². The first-order valence-corrected chi connectivity index (χ1v) is 6.27. The first-order valence-electron chi connectivity index (χ1n) is 6.27. The van der Waals surface area contributed by atoms with Gasteiger partial charge in [-0.25, -0.2) is 4.79 Å². The third-order valence-corrected chi connectivity index (χ3v) is 3.41. The van der Waals surface area contributed by atoms with Gasteiger partial charge in [-0.15, -0.1) is 0 Å². The van der Waals surface area contributed by atoms with Crippen LogP contribution in [-0.4, -0.2) is 24.2 Å². The van der Waals surface area contributed by atoms with Crippen molar-refractivity contribution in [2.75, 3.05) is 18.0 Å². The Kier molecular flexibility index (Phi) is 3.67. The number of aryl methyl sites for hydroxylation is 1. The lowest BCUT2D eigenvalue weighted by Gasteiger charge is -2.23. The molecule has 1 heterocycles. The molecule has 92 valence electrons. The van der Waals surface area contributed by atoms with E-state index < -0.39 is 5.97 Å². The van der Waals surface area contributed by atoms with Crippen molar-refractivity contribution < 1.29 is 9.90 Å². The lowest BCUT2D eigenvalue weighted by atomic mass is 10.1. The number of hydrogen-bond donors (Lipinski definition) is 1. The molecule has 1 aliphatic rings. The number of carbonyl (C=O) groups is 1. The highest BCUT2D eigenvalue weighted by atomic mass is 16.4. The number of anilines is 1. The summed E-state index contributed by atoms with van der Waals surface area (Å²) in [6, 6.07) is 5.65. The van der Waals surface area contributed by atoms with E-state index in [2.05, 4.69) is 4.90 Å². The molecule has 1 aromatic rings. The minimum Gasteiger partial charge on any atom is -0.478 e. The van der Waals surface area contributed by atoms with Gasteiger partial charge in [-0.3, -0.25) is 0 Å². The van der Waals surface area contributed by atoms with Crippen LogP contribution < -0.4 is 4.90 Å². The summed E-state index contributed by atoms with van der Waals surface area (Å²) in [6.07, 6.45) is 5.09. The molecule has 0 aromatic heterocycles. The number of carboxylic acids is 1. The summed E-state index contributed by atoms with van der Waals surface area (Å²) in [7, 11) is 0. The van der Waals surface area contributed by atoms with Crippen LogP contribution in [0.4, 0.5) is 5.69 Å². The molecule has 0 bridgehead atoms. The molecule has 1 N–H and O–H groups in total. The number of carboxylic acid groups (broad SMARTS) is 1. The van der Waals surface area contributed by atoms with Crippen molar-refractivity contribution in [1.82, 2.24) is 0 Å².